The third-order valence-corrected chi connectivity index (χ3v) is 4.21. The smallest absolute Gasteiger partial charge is 0.493 e. The van der Waals surface area contributed by atoms with Crippen LogP contribution in [0.15, 0.2) is 47.6 Å². The van der Waals surface area contributed by atoms with Crippen LogP contribution in [0.1, 0.15) is 12.0 Å². The number of amides is 2. The molecule has 2 heterocycles. The first-order chi connectivity index (χ1) is 13.1. The molecule has 0 saturated carbocycles. The monoisotopic (exact) mass is 419 g/mol. The van der Waals surface area contributed by atoms with Gasteiger partial charge in [0.15, 0.2) is 5.69 Å². The molecule has 0 fully saturated rings. The Labute approximate surface area is 160 Å². The van der Waals surface area contributed by atoms with E-state index in [1.54, 1.807) is 30.3 Å². The molecule has 148 valence electrons. The Hall–Kier alpha value is -2.69. The maximum absolute atomic E-state index is 13.7. The second-order valence-electron chi connectivity index (χ2n) is 5.91. The number of nitrogens with zero attached hydrogens (tertiary/aromatic N) is 2. The number of azo groups is 2. The standard InChI is InChI=1S/C16H11ClFN3O2.BF4/c17-10-1-4-12(5-2-10)21-15(22)19-16(20-21)7-8-23-14-6-3-11(18)9-13(14)16;2-1(3,4)5/h1-6,9H,7-8H2;/q;-1/p+1. The second kappa shape index (κ2) is 7.38. The van der Waals surface area contributed by atoms with Crippen LogP contribution in [0, 0.1) is 5.82 Å². The summed E-state index contributed by atoms with van der Waals surface area (Å²) >= 11 is 5.87. The molecule has 2 aromatic carbocycles. The molecule has 0 aliphatic carbocycles. The van der Waals surface area contributed by atoms with Gasteiger partial charge in [0.25, 0.3) is 5.66 Å². The number of benzene rings is 2. The minimum Gasteiger partial charge on any atom is -0.493 e. The van der Waals surface area contributed by atoms with Crippen molar-refractivity contribution in [2.45, 2.75) is 12.1 Å². The number of nitrogens with one attached hydrogen (secondary N) is 1. The van der Waals surface area contributed by atoms with E-state index in [1.807, 2.05) is 0 Å². The van der Waals surface area contributed by atoms with Crippen molar-refractivity contribution in [2.75, 3.05) is 6.61 Å². The quantitative estimate of drug-likeness (QED) is 0.391. The third-order valence-electron chi connectivity index (χ3n) is 3.96. The molecule has 0 aromatic heterocycles. The summed E-state index contributed by atoms with van der Waals surface area (Å²) in [6.45, 7) is 0.386. The molecule has 5 nitrogen and oxygen atoms in total. The number of ether oxygens (including phenoxy) is 1. The molecule has 4 rings (SSSR count). The normalized spacial score (nSPS) is 20.5. The van der Waals surface area contributed by atoms with Gasteiger partial charge >= 0.3 is 13.3 Å². The molecule has 12 heteroatoms. The summed E-state index contributed by atoms with van der Waals surface area (Å²) in [4.78, 5) is 12.4. The van der Waals surface area contributed by atoms with Crippen LogP contribution in [-0.4, -0.2) is 24.6 Å². The number of urea groups is 1. The number of rotatable bonds is 1. The Bertz CT molecular complexity index is 933. The zero-order valence-corrected chi connectivity index (χ0v) is 14.8. The lowest BCUT2D eigenvalue weighted by atomic mass is 9.94. The summed E-state index contributed by atoms with van der Waals surface area (Å²) in [6, 6.07) is 10.6. The summed E-state index contributed by atoms with van der Waals surface area (Å²) < 4.78 is 59.5. The molecule has 2 aliphatic heterocycles. The summed E-state index contributed by atoms with van der Waals surface area (Å²) in [5, 5.41) is 7.95. The van der Waals surface area contributed by atoms with Crippen LogP contribution in [0.3, 0.4) is 0 Å². The molecule has 28 heavy (non-hydrogen) atoms. The summed E-state index contributed by atoms with van der Waals surface area (Å²) in [5.41, 5.74) is 0.105. The maximum atomic E-state index is 13.7. The lowest BCUT2D eigenvalue weighted by Gasteiger charge is -2.27. The molecule has 2 aliphatic rings. The summed E-state index contributed by atoms with van der Waals surface area (Å²) in [6.07, 6.45) is 0.430. The Balaban J connectivity index is 0.000000403. The number of carbonyl (C=O) groups is 1. The Morgan fingerprint density at radius 1 is 1.14 bits per heavy atom. The molecular formula is C16H12BClF5N3O2. The fourth-order valence-corrected chi connectivity index (χ4v) is 2.98. The largest absolute Gasteiger partial charge is 0.673 e. The first-order valence-corrected chi connectivity index (χ1v) is 8.36. The Morgan fingerprint density at radius 3 is 2.43 bits per heavy atom. The van der Waals surface area contributed by atoms with Crippen molar-refractivity contribution in [3.8, 4) is 5.75 Å². The maximum Gasteiger partial charge on any atom is 0.673 e. The van der Waals surface area contributed by atoms with Gasteiger partial charge in [-0.05, 0) is 42.5 Å². The predicted molar refractivity (Wildman–Crippen MR) is 90.7 cm³/mol. The number of hydrogen-bond acceptors (Lipinski definition) is 3. The van der Waals surface area contributed by atoms with Gasteiger partial charge in [-0.3, -0.25) is 0 Å². The van der Waals surface area contributed by atoms with Gasteiger partial charge in [0, 0.05) is 5.02 Å². The van der Waals surface area contributed by atoms with Crippen molar-refractivity contribution >= 4 is 30.6 Å². The van der Waals surface area contributed by atoms with Gasteiger partial charge in [-0.2, -0.15) is 4.79 Å². The number of carbonyl (C=O) groups excluding carboxylic acids is 1. The fourth-order valence-electron chi connectivity index (χ4n) is 2.86. The van der Waals surface area contributed by atoms with E-state index < -0.39 is 18.7 Å². The molecule has 2 aromatic rings. The van der Waals surface area contributed by atoms with Gasteiger partial charge < -0.3 is 22.0 Å². The topological polar surface area (TPSA) is 53.7 Å². The molecule has 1 unspecified atom stereocenters. The highest BCUT2D eigenvalue weighted by Gasteiger charge is 2.52. The van der Waals surface area contributed by atoms with Gasteiger partial charge in [0.2, 0.25) is 0 Å². The van der Waals surface area contributed by atoms with Crippen LogP contribution in [0.4, 0.5) is 32.1 Å². The molecule has 1 spiro atoms. The average Bonchev–Trinajstić information content (AvgIpc) is 2.92. The first kappa shape index (κ1) is 20.1. The molecule has 0 bridgehead atoms. The average molecular weight is 420 g/mol. The molecule has 0 saturated heterocycles. The molecule has 2 amide bonds. The second-order valence-corrected chi connectivity index (χ2v) is 6.35. The van der Waals surface area contributed by atoms with E-state index in [1.165, 1.54) is 16.8 Å². The van der Waals surface area contributed by atoms with E-state index in [9.17, 15) is 26.4 Å². The van der Waals surface area contributed by atoms with Gasteiger partial charge in [-0.25, -0.2) is 9.71 Å². The third kappa shape index (κ3) is 4.41. The van der Waals surface area contributed by atoms with E-state index in [4.69, 9.17) is 16.3 Å². The van der Waals surface area contributed by atoms with Crippen molar-refractivity contribution in [1.29, 1.82) is 0 Å². The number of halogens is 6. The zero-order valence-electron chi connectivity index (χ0n) is 14.0. The van der Waals surface area contributed by atoms with Crippen LogP contribution >= 0.6 is 11.6 Å². The van der Waals surface area contributed by atoms with Crippen LogP contribution in [0.5, 0.6) is 5.75 Å². The van der Waals surface area contributed by atoms with E-state index in [-0.39, 0.29) is 6.03 Å². The van der Waals surface area contributed by atoms with Gasteiger partial charge in [0.1, 0.15) is 11.6 Å². The Kier molecular flexibility index (Phi) is 5.29. The lowest BCUT2D eigenvalue weighted by molar-refractivity contribution is -0.404. The Morgan fingerprint density at radius 2 is 1.79 bits per heavy atom. The molecule has 1 N–H and O–H groups in total. The predicted octanol–water partition coefficient (Wildman–Crippen LogP) is 5.23. The van der Waals surface area contributed by atoms with E-state index in [0.29, 0.717) is 35.1 Å². The molecule has 0 radical (unpaired) electrons. The van der Waals surface area contributed by atoms with E-state index >= 15 is 0 Å². The highest BCUT2D eigenvalue weighted by atomic mass is 35.5. The summed E-state index contributed by atoms with van der Waals surface area (Å²) in [5.74, 6) is 0.127. The number of hydrogen-bond donors (Lipinski definition) is 1. The SMILES string of the molecule is F[B-](F)(F)F.O=C1NC2(CCOc3ccc(F)cc32)N=[N+]1c1ccc(Cl)cc1. The highest BCUT2D eigenvalue weighted by molar-refractivity contribution is 6.50. The van der Waals surface area contributed by atoms with Crippen molar-refractivity contribution in [3.63, 3.8) is 0 Å². The van der Waals surface area contributed by atoms with E-state index in [0.717, 1.165) is 0 Å². The summed E-state index contributed by atoms with van der Waals surface area (Å²) in [7, 11) is -6.00. The van der Waals surface area contributed by atoms with Crippen molar-refractivity contribution in [3.05, 3.63) is 58.9 Å². The number of fused-ring (bicyclic) bond motifs is 2. The molecule has 1 atom stereocenters. The van der Waals surface area contributed by atoms with Crippen molar-refractivity contribution in [1.82, 2.24) is 5.32 Å². The van der Waals surface area contributed by atoms with Gasteiger partial charge in [-0.15, -0.1) is 0 Å². The minimum absolute atomic E-state index is 0.371. The van der Waals surface area contributed by atoms with Crippen LogP contribution in [0.2, 0.25) is 5.02 Å². The van der Waals surface area contributed by atoms with Crippen molar-refractivity contribution < 1.29 is 35.9 Å². The lowest BCUT2D eigenvalue weighted by Crippen LogP contribution is -2.43. The first-order valence-electron chi connectivity index (χ1n) is 7.98. The highest BCUT2D eigenvalue weighted by Crippen LogP contribution is 2.41. The van der Waals surface area contributed by atoms with Crippen molar-refractivity contribution in [2.24, 2.45) is 5.11 Å². The van der Waals surface area contributed by atoms with Gasteiger partial charge in [-0.1, -0.05) is 21.4 Å². The van der Waals surface area contributed by atoms with Crippen LogP contribution in [-0.2, 0) is 5.66 Å². The fraction of sp³-hybridized carbons (Fsp3) is 0.188. The van der Waals surface area contributed by atoms with Crippen LogP contribution in [0.25, 0.3) is 0 Å². The van der Waals surface area contributed by atoms with Crippen LogP contribution < -0.4 is 10.1 Å². The zero-order chi connectivity index (χ0) is 20.5. The van der Waals surface area contributed by atoms with E-state index in [2.05, 4.69) is 10.4 Å². The minimum atomic E-state index is -6.00. The van der Waals surface area contributed by atoms with Gasteiger partial charge in [0.05, 0.1) is 18.6 Å². The molecular weight excluding hydrogens is 407 g/mol.